The van der Waals surface area contributed by atoms with E-state index >= 15 is 0 Å². The minimum atomic E-state index is -4.40. The normalized spacial score (nSPS) is 13.7. The Hall–Kier alpha value is -0.480. The highest BCUT2D eigenvalue weighted by Gasteiger charge is 2.29. The summed E-state index contributed by atoms with van der Waals surface area (Å²) in [7, 11) is -3.75. The Balaban J connectivity index is 0.00000361. The lowest BCUT2D eigenvalue weighted by atomic mass is 10.4. The van der Waals surface area contributed by atoms with Crippen molar-refractivity contribution >= 4 is 34.2 Å². The van der Waals surface area contributed by atoms with E-state index in [-0.39, 0.29) is 40.5 Å². The van der Waals surface area contributed by atoms with Crippen LogP contribution in [0.2, 0.25) is 0 Å². The molecule has 1 aromatic carbocycles. The molecule has 0 heterocycles. The summed E-state index contributed by atoms with van der Waals surface area (Å²) in [6.07, 6.45) is 0. The van der Waals surface area contributed by atoms with Crippen molar-refractivity contribution in [2.45, 2.75) is 28.3 Å². The molecule has 116 valence electrons. The van der Waals surface area contributed by atoms with Gasteiger partial charge in [0, 0.05) is 17.5 Å². The molecule has 10 heteroatoms. The van der Waals surface area contributed by atoms with E-state index in [1.165, 1.54) is 0 Å². The lowest BCUT2D eigenvalue weighted by Crippen LogP contribution is -2.37. The van der Waals surface area contributed by atoms with Gasteiger partial charge < -0.3 is 5.73 Å². The lowest BCUT2D eigenvalue weighted by molar-refractivity contribution is -0.0328. The van der Waals surface area contributed by atoms with Crippen LogP contribution < -0.4 is 10.5 Å². The first-order chi connectivity index (χ1) is 8.64. The van der Waals surface area contributed by atoms with Gasteiger partial charge in [-0.05, 0) is 43.0 Å². The van der Waals surface area contributed by atoms with Crippen molar-refractivity contribution in [1.29, 1.82) is 0 Å². The molecule has 0 aromatic heterocycles. The standard InChI is InChI=1S/C10H13F3N2O2S2.ClH/c1-7(6-14)15-19(16,17)9-4-2-8(3-5-9)18-10(11,12)13;/h2-5,7,15H,6,14H2,1H3;1H/t7-;/m0./s1. The van der Waals surface area contributed by atoms with E-state index in [1.54, 1.807) is 6.92 Å². The molecule has 4 nitrogen and oxygen atoms in total. The van der Waals surface area contributed by atoms with Crippen LogP contribution in [0.25, 0.3) is 0 Å². The Kier molecular flexibility index (Phi) is 7.33. The summed E-state index contributed by atoms with van der Waals surface area (Å²) in [6, 6.07) is 4.02. The van der Waals surface area contributed by atoms with Crippen LogP contribution in [0.1, 0.15) is 6.92 Å². The average molecular weight is 351 g/mol. The van der Waals surface area contributed by atoms with Crippen LogP contribution in [0.5, 0.6) is 0 Å². The highest BCUT2D eigenvalue weighted by molar-refractivity contribution is 8.00. The molecule has 1 aromatic rings. The van der Waals surface area contributed by atoms with Gasteiger partial charge in [0.05, 0.1) is 4.90 Å². The fourth-order valence-corrected chi connectivity index (χ4v) is 3.00. The number of hydrogen-bond acceptors (Lipinski definition) is 4. The minimum Gasteiger partial charge on any atom is -0.329 e. The summed E-state index contributed by atoms with van der Waals surface area (Å²) >= 11 is -0.297. The number of halogens is 4. The fourth-order valence-electron chi connectivity index (χ4n) is 1.20. The highest BCUT2D eigenvalue weighted by Crippen LogP contribution is 2.36. The minimum absolute atomic E-state index is 0. The molecule has 1 atom stereocenters. The zero-order valence-electron chi connectivity index (χ0n) is 10.3. The molecule has 0 aliphatic rings. The van der Waals surface area contributed by atoms with Crippen LogP contribution >= 0.6 is 24.2 Å². The van der Waals surface area contributed by atoms with Gasteiger partial charge in [-0.15, -0.1) is 12.4 Å². The maximum atomic E-state index is 12.1. The maximum absolute atomic E-state index is 12.1. The van der Waals surface area contributed by atoms with Gasteiger partial charge in [-0.2, -0.15) is 13.2 Å². The number of benzene rings is 1. The first kappa shape index (κ1) is 19.5. The molecule has 0 unspecified atom stereocenters. The Morgan fingerprint density at radius 2 is 1.80 bits per heavy atom. The molecule has 0 aliphatic carbocycles. The molecular formula is C10H14ClF3N2O2S2. The van der Waals surface area contributed by atoms with Crippen molar-refractivity contribution < 1.29 is 21.6 Å². The van der Waals surface area contributed by atoms with Crippen molar-refractivity contribution in [3.63, 3.8) is 0 Å². The first-order valence-electron chi connectivity index (χ1n) is 5.22. The van der Waals surface area contributed by atoms with Crippen LogP contribution in [-0.4, -0.2) is 26.5 Å². The summed E-state index contributed by atoms with van der Waals surface area (Å²) < 4.78 is 62.2. The number of alkyl halides is 3. The molecule has 0 aliphatic heterocycles. The van der Waals surface area contributed by atoms with Crippen LogP contribution in [0.4, 0.5) is 13.2 Å². The Labute approximate surface area is 125 Å². The number of nitrogens with one attached hydrogen (secondary N) is 1. The van der Waals surface area contributed by atoms with E-state index in [9.17, 15) is 21.6 Å². The summed E-state index contributed by atoms with van der Waals surface area (Å²) in [4.78, 5) is -0.169. The molecule has 0 radical (unpaired) electrons. The molecule has 0 bridgehead atoms. The van der Waals surface area contributed by atoms with Gasteiger partial charge in [0.2, 0.25) is 10.0 Å². The monoisotopic (exact) mass is 350 g/mol. The number of hydrogen-bond donors (Lipinski definition) is 2. The SMILES string of the molecule is C[C@@H](CN)NS(=O)(=O)c1ccc(SC(F)(F)F)cc1.Cl. The summed E-state index contributed by atoms with van der Waals surface area (Å²) in [5, 5.41) is 0. The highest BCUT2D eigenvalue weighted by atomic mass is 35.5. The van der Waals surface area contributed by atoms with Crippen LogP contribution in [-0.2, 0) is 10.0 Å². The van der Waals surface area contributed by atoms with E-state index in [0.717, 1.165) is 24.3 Å². The molecule has 0 amide bonds. The average Bonchev–Trinajstić information content (AvgIpc) is 2.26. The molecule has 20 heavy (non-hydrogen) atoms. The zero-order chi connectivity index (χ0) is 14.7. The van der Waals surface area contributed by atoms with Crippen molar-refractivity contribution in [2.24, 2.45) is 5.73 Å². The van der Waals surface area contributed by atoms with E-state index < -0.39 is 21.6 Å². The number of sulfonamides is 1. The van der Waals surface area contributed by atoms with Crippen molar-refractivity contribution in [3.05, 3.63) is 24.3 Å². The third kappa shape index (κ3) is 6.31. The Morgan fingerprint density at radius 1 is 1.30 bits per heavy atom. The number of nitrogens with two attached hydrogens (primary N) is 1. The van der Waals surface area contributed by atoms with Gasteiger partial charge in [0.1, 0.15) is 0 Å². The maximum Gasteiger partial charge on any atom is 0.446 e. The molecule has 0 saturated carbocycles. The second-order valence-corrected chi connectivity index (χ2v) is 6.63. The molecule has 0 spiro atoms. The molecule has 0 saturated heterocycles. The van der Waals surface area contributed by atoms with E-state index in [0.29, 0.717) is 0 Å². The van der Waals surface area contributed by atoms with Gasteiger partial charge in [-0.1, -0.05) is 0 Å². The van der Waals surface area contributed by atoms with E-state index in [4.69, 9.17) is 5.73 Å². The second kappa shape index (κ2) is 7.51. The first-order valence-corrected chi connectivity index (χ1v) is 7.52. The van der Waals surface area contributed by atoms with Crippen molar-refractivity contribution in [3.8, 4) is 0 Å². The van der Waals surface area contributed by atoms with Crippen LogP contribution in [0.3, 0.4) is 0 Å². The zero-order valence-corrected chi connectivity index (χ0v) is 12.8. The summed E-state index contributed by atoms with van der Waals surface area (Å²) in [5.74, 6) is 0. The molecular weight excluding hydrogens is 337 g/mol. The van der Waals surface area contributed by atoms with Crippen LogP contribution in [0, 0.1) is 0 Å². The van der Waals surface area contributed by atoms with Crippen LogP contribution in [0.15, 0.2) is 34.1 Å². The lowest BCUT2D eigenvalue weighted by Gasteiger charge is -2.12. The number of thioether (sulfide) groups is 1. The summed E-state index contributed by atoms with van der Waals surface area (Å²) in [6.45, 7) is 1.71. The summed E-state index contributed by atoms with van der Waals surface area (Å²) in [5.41, 5.74) is 0.899. The second-order valence-electron chi connectivity index (χ2n) is 3.78. The largest absolute Gasteiger partial charge is 0.446 e. The fraction of sp³-hybridized carbons (Fsp3) is 0.400. The third-order valence-corrected chi connectivity index (χ3v) is 4.42. The van der Waals surface area contributed by atoms with E-state index in [1.807, 2.05) is 0 Å². The van der Waals surface area contributed by atoms with E-state index in [2.05, 4.69) is 4.72 Å². The predicted octanol–water partition coefficient (Wildman–Crippen LogP) is 2.35. The van der Waals surface area contributed by atoms with Crippen molar-refractivity contribution in [1.82, 2.24) is 4.72 Å². The quantitative estimate of drug-likeness (QED) is 0.800. The number of rotatable bonds is 5. The van der Waals surface area contributed by atoms with Crippen molar-refractivity contribution in [2.75, 3.05) is 6.54 Å². The molecule has 0 fully saturated rings. The Morgan fingerprint density at radius 3 is 2.20 bits per heavy atom. The van der Waals surface area contributed by atoms with Gasteiger partial charge in [0.15, 0.2) is 0 Å². The predicted molar refractivity (Wildman–Crippen MR) is 74.4 cm³/mol. The third-order valence-electron chi connectivity index (χ3n) is 2.08. The topological polar surface area (TPSA) is 72.2 Å². The smallest absolute Gasteiger partial charge is 0.329 e. The molecule has 3 N–H and O–H groups in total. The Bertz CT molecular complexity index is 520. The molecule has 1 rings (SSSR count). The van der Waals surface area contributed by atoms with Gasteiger partial charge in [-0.25, -0.2) is 13.1 Å². The van der Waals surface area contributed by atoms with Gasteiger partial charge >= 0.3 is 5.51 Å². The van der Waals surface area contributed by atoms with Gasteiger partial charge in [0.25, 0.3) is 0 Å². The van der Waals surface area contributed by atoms with Gasteiger partial charge in [-0.3, -0.25) is 0 Å².